The van der Waals surface area contributed by atoms with E-state index < -0.39 is 6.03 Å². The van der Waals surface area contributed by atoms with E-state index in [0.717, 1.165) is 0 Å². The molecule has 1 aromatic rings. The zero-order valence-electron chi connectivity index (χ0n) is 10.2. The van der Waals surface area contributed by atoms with Crippen LogP contribution in [0.3, 0.4) is 0 Å². The van der Waals surface area contributed by atoms with Gasteiger partial charge in [-0.05, 0) is 45.0 Å². The Morgan fingerprint density at radius 1 is 1.12 bits per heavy atom. The summed E-state index contributed by atoms with van der Waals surface area (Å²) in [5, 5.41) is 5.27. The number of rotatable bonds is 2. The van der Waals surface area contributed by atoms with Crippen LogP contribution in [0.25, 0.3) is 0 Å². The maximum atomic E-state index is 11.8. The zero-order valence-corrected chi connectivity index (χ0v) is 10.2. The Bertz CT molecular complexity index is 418. The molecule has 4 N–H and O–H groups in total. The van der Waals surface area contributed by atoms with Crippen molar-refractivity contribution in [3.8, 4) is 0 Å². The molecule has 0 unspecified atom stereocenters. The summed E-state index contributed by atoms with van der Waals surface area (Å²) in [6.07, 6.45) is 0. The van der Waals surface area contributed by atoms with Gasteiger partial charge in [-0.2, -0.15) is 0 Å². The smallest absolute Gasteiger partial charge is 0.316 e. The molecule has 0 aromatic heterocycles. The molecule has 0 bridgehead atoms. The lowest BCUT2D eigenvalue weighted by atomic mass is 10.1. The second-order valence-electron chi connectivity index (χ2n) is 4.77. The van der Waals surface area contributed by atoms with Crippen LogP contribution in [-0.2, 0) is 0 Å². The first-order valence-electron chi connectivity index (χ1n) is 5.27. The average molecular weight is 235 g/mol. The third-order valence-corrected chi connectivity index (χ3v) is 1.90. The normalized spacial score (nSPS) is 10.8. The Morgan fingerprint density at radius 2 is 1.65 bits per heavy atom. The van der Waals surface area contributed by atoms with Crippen LogP contribution < -0.4 is 16.4 Å². The van der Waals surface area contributed by atoms with Crippen LogP contribution in [0.15, 0.2) is 24.3 Å². The van der Waals surface area contributed by atoms with E-state index in [0.29, 0.717) is 11.3 Å². The van der Waals surface area contributed by atoms with E-state index in [4.69, 9.17) is 5.73 Å². The van der Waals surface area contributed by atoms with Crippen molar-refractivity contribution < 1.29 is 9.59 Å². The lowest BCUT2D eigenvalue weighted by Gasteiger charge is -2.20. The summed E-state index contributed by atoms with van der Waals surface area (Å²) in [4.78, 5) is 22.4. The SMILES string of the molecule is CC(C)(C)NC(=O)c1ccc(NC(N)=O)cc1. The molecule has 0 radical (unpaired) electrons. The Labute approximate surface area is 100 Å². The molecule has 0 saturated heterocycles. The molecule has 0 aliphatic rings. The number of benzene rings is 1. The summed E-state index contributed by atoms with van der Waals surface area (Å²) in [5.41, 5.74) is 5.80. The average Bonchev–Trinajstić information content (AvgIpc) is 2.15. The minimum atomic E-state index is -0.628. The molecule has 0 atom stereocenters. The van der Waals surface area contributed by atoms with E-state index in [2.05, 4.69) is 10.6 Å². The summed E-state index contributed by atoms with van der Waals surface area (Å²) >= 11 is 0. The lowest BCUT2D eigenvalue weighted by Crippen LogP contribution is -2.40. The van der Waals surface area contributed by atoms with Gasteiger partial charge >= 0.3 is 6.03 Å². The molecule has 1 rings (SSSR count). The Hall–Kier alpha value is -2.04. The van der Waals surface area contributed by atoms with Gasteiger partial charge in [0, 0.05) is 16.8 Å². The van der Waals surface area contributed by atoms with Gasteiger partial charge < -0.3 is 16.4 Å². The lowest BCUT2D eigenvalue weighted by molar-refractivity contribution is 0.0919. The standard InChI is InChI=1S/C12H17N3O2/c1-12(2,3)15-10(16)8-4-6-9(7-5-8)14-11(13)17/h4-7H,1-3H3,(H,15,16)(H3,13,14,17). The Kier molecular flexibility index (Phi) is 3.73. The van der Waals surface area contributed by atoms with Crippen LogP contribution in [0.4, 0.5) is 10.5 Å². The summed E-state index contributed by atoms with van der Waals surface area (Å²) in [6, 6.07) is 5.89. The van der Waals surface area contributed by atoms with Gasteiger partial charge in [0.05, 0.1) is 0 Å². The molecule has 92 valence electrons. The van der Waals surface area contributed by atoms with E-state index in [-0.39, 0.29) is 11.4 Å². The maximum Gasteiger partial charge on any atom is 0.316 e. The molecule has 1 aromatic carbocycles. The van der Waals surface area contributed by atoms with Crippen LogP contribution >= 0.6 is 0 Å². The van der Waals surface area contributed by atoms with Crippen LogP contribution in [0.2, 0.25) is 0 Å². The third kappa shape index (κ3) is 4.55. The molecule has 5 heteroatoms. The van der Waals surface area contributed by atoms with E-state index in [1.165, 1.54) is 0 Å². The maximum absolute atomic E-state index is 11.8. The van der Waals surface area contributed by atoms with Gasteiger partial charge in [0.2, 0.25) is 0 Å². The van der Waals surface area contributed by atoms with Crippen molar-refractivity contribution >= 4 is 17.6 Å². The van der Waals surface area contributed by atoms with Crippen LogP contribution in [-0.4, -0.2) is 17.5 Å². The van der Waals surface area contributed by atoms with Crippen molar-refractivity contribution in [2.24, 2.45) is 5.73 Å². The van der Waals surface area contributed by atoms with Crippen LogP contribution in [0.5, 0.6) is 0 Å². The quantitative estimate of drug-likeness (QED) is 0.729. The highest BCUT2D eigenvalue weighted by Gasteiger charge is 2.14. The predicted octanol–water partition coefficient (Wildman–Crippen LogP) is 1.71. The molecule has 0 aliphatic carbocycles. The van der Waals surface area contributed by atoms with Crippen molar-refractivity contribution in [2.45, 2.75) is 26.3 Å². The van der Waals surface area contributed by atoms with Crippen molar-refractivity contribution in [1.82, 2.24) is 5.32 Å². The second kappa shape index (κ2) is 4.86. The highest BCUT2D eigenvalue weighted by Crippen LogP contribution is 2.10. The molecule has 3 amide bonds. The molecule has 0 aliphatic heterocycles. The minimum Gasteiger partial charge on any atom is -0.351 e. The zero-order chi connectivity index (χ0) is 13.1. The number of primary amides is 1. The number of urea groups is 1. The highest BCUT2D eigenvalue weighted by molar-refractivity contribution is 5.95. The number of carbonyl (C=O) groups excluding carboxylic acids is 2. The molecule has 0 saturated carbocycles. The van der Waals surface area contributed by atoms with E-state index in [9.17, 15) is 9.59 Å². The van der Waals surface area contributed by atoms with E-state index in [1.54, 1.807) is 24.3 Å². The van der Waals surface area contributed by atoms with Gasteiger partial charge in [0.1, 0.15) is 0 Å². The largest absolute Gasteiger partial charge is 0.351 e. The fraction of sp³-hybridized carbons (Fsp3) is 0.333. The number of carbonyl (C=O) groups is 2. The van der Waals surface area contributed by atoms with Crippen molar-refractivity contribution in [2.75, 3.05) is 5.32 Å². The van der Waals surface area contributed by atoms with Crippen LogP contribution in [0, 0.1) is 0 Å². The third-order valence-electron chi connectivity index (χ3n) is 1.90. The van der Waals surface area contributed by atoms with E-state index in [1.807, 2.05) is 20.8 Å². The van der Waals surface area contributed by atoms with Crippen LogP contribution in [0.1, 0.15) is 31.1 Å². The van der Waals surface area contributed by atoms with Gasteiger partial charge in [0.15, 0.2) is 0 Å². The number of hydrogen-bond donors (Lipinski definition) is 3. The minimum absolute atomic E-state index is 0.150. The van der Waals surface area contributed by atoms with Gasteiger partial charge in [-0.3, -0.25) is 4.79 Å². The molecular formula is C12H17N3O2. The number of hydrogen-bond acceptors (Lipinski definition) is 2. The number of anilines is 1. The highest BCUT2D eigenvalue weighted by atomic mass is 16.2. The molecule has 0 heterocycles. The first kappa shape index (κ1) is 13.0. The van der Waals surface area contributed by atoms with Crippen molar-refractivity contribution in [1.29, 1.82) is 0 Å². The van der Waals surface area contributed by atoms with Gasteiger partial charge in [-0.1, -0.05) is 0 Å². The van der Waals surface area contributed by atoms with Crippen molar-refractivity contribution in [3.05, 3.63) is 29.8 Å². The Balaban J connectivity index is 2.74. The fourth-order valence-electron chi connectivity index (χ4n) is 1.26. The molecular weight excluding hydrogens is 218 g/mol. The van der Waals surface area contributed by atoms with Gasteiger partial charge in [-0.15, -0.1) is 0 Å². The molecule has 0 spiro atoms. The molecule has 5 nitrogen and oxygen atoms in total. The van der Waals surface area contributed by atoms with Gasteiger partial charge in [-0.25, -0.2) is 4.79 Å². The summed E-state index contributed by atoms with van der Waals surface area (Å²) in [5.74, 6) is -0.150. The molecule has 17 heavy (non-hydrogen) atoms. The predicted molar refractivity (Wildman–Crippen MR) is 66.9 cm³/mol. The van der Waals surface area contributed by atoms with Crippen molar-refractivity contribution in [3.63, 3.8) is 0 Å². The molecule has 0 fully saturated rings. The summed E-state index contributed by atoms with van der Waals surface area (Å²) in [6.45, 7) is 5.73. The first-order chi connectivity index (χ1) is 7.78. The number of amides is 3. The monoisotopic (exact) mass is 235 g/mol. The summed E-state index contributed by atoms with van der Waals surface area (Å²) < 4.78 is 0. The first-order valence-corrected chi connectivity index (χ1v) is 5.27. The second-order valence-corrected chi connectivity index (χ2v) is 4.77. The van der Waals surface area contributed by atoms with Gasteiger partial charge in [0.25, 0.3) is 5.91 Å². The number of nitrogens with two attached hydrogens (primary N) is 1. The Morgan fingerprint density at radius 3 is 2.06 bits per heavy atom. The number of nitrogens with one attached hydrogen (secondary N) is 2. The summed E-state index contributed by atoms with van der Waals surface area (Å²) in [7, 11) is 0. The van der Waals surface area contributed by atoms with E-state index >= 15 is 0 Å². The topological polar surface area (TPSA) is 84.2 Å². The fourth-order valence-corrected chi connectivity index (χ4v) is 1.26.